The van der Waals surface area contributed by atoms with Crippen LogP contribution in [0.25, 0.3) is 11.3 Å². The van der Waals surface area contributed by atoms with Gasteiger partial charge in [0.05, 0.1) is 24.5 Å². The van der Waals surface area contributed by atoms with Gasteiger partial charge < -0.3 is 26.3 Å². The summed E-state index contributed by atoms with van der Waals surface area (Å²) in [6.07, 6.45) is 1.29. The molecule has 8 heteroatoms. The van der Waals surface area contributed by atoms with E-state index in [-0.39, 0.29) is 17.7 Å². The van der Waals surface area contributed by atoms with Crippen LogP contribution in [0.1, 0.15) is 17.3 Å². The molecular formula is C17H23N5O3. The first kappa shape index (κ1) is 18.6. The molecule has 2 atom stereocenters. The summed E-state index contributed by atoms with van der Waals surface area (Å²) >= 11 is 0. The average molecular weight is 345 g/mol. The van der Waals surface area contributed by atoms with E-state index in [1.54, 1.807) is 26.4 Å². The number of rotatable bonds is 8. The highest BCUT2D eigenvalue weighted by molar-refractivity contribution is 5.98. The van der Waals surface area contributed by atoms with E-state index in [1.807, 2.05) is 19.1 Å². The fraction of sp³-hybridized carbons (Fsp3) is 0.353. The number of carbonyl (C=O) groups is 1. The molecule has 8 nitrogen and oxygen atoms in total. The van der Waals surface area contributed by atoms with Crippen molar-refractivity contribution in [3.05, 3.63) is 36.0 Å². The van der Waals surface area contributed by atoms with Gasteiger partial charge in [-0.05, 0) is 19.1 Å². The van der Waals surface area contributed by atoms with Gasteiger partial charge in [0.1, 0.15) is 5.75 Å². The summed E-state index contributed by atoms with van der Waals surface area (Å²) < 4.78 is 10.4. The molecule has 1 aromatic carbocycles. The molecule has 134 valence electrons. The molecule has 0 aliphatic carbocycles. The van der Waals surface area contributed by atoms with Crippen LogP contribution in [-0.2, 0) is 4.74 Å². The number of hydrogen-bond donors (Lipinski definition) is 3. The Kier molecular flexibility index (Phi) is 6.26. The lowest BCUT2D eigenvalue weighted by Gasteiger charge is -2.19. The lowest BCUT2D eigenvalue weighted by atomic mass is 10.1. The highest BCUT2D eigenvalue weighted by Gasteiger charge is 2.16. The van der Waals surface area contributed by atoms with Crippen LogP contribution in [-0.4, -0.2) is 48.8 Å². The second kappa shape index (κ2) is 8.41. The van der Waals surface area contributed by atoms with Gasteiger partial charge in [0.2, 0.25) is 5.95 Å². The quantitative estimate of drug-likeness (QED) is 0.652. The third kappa shape index (κ3) is 4.65. The number of nitrogens with zero attached hydrogens (tertiary/aromatic N) is 2. The summed E-state index contributed by atoms with van der Waals surface area (Å²) in [5, 5.41) is 3.05. The SMILES string of the molecule is COc1cccc(-c2nc(NC[C@@H](N)[C@H](C)OC)ncc2C(N)=O)c1. The van der Waals surface area contributed by atoms with Crippen molar-refractivity contribution in [1.82, 2.24) is 9.97 Å². The van der Waals surface area contributed by atoms with Gasteiger partial charge in [0.25, 0.3) is 5.91 Å². The van der Waals surface area contributed by atoms with Crippen LogP contribution < -0.4 is 21.5 Å². The maximum atomic E-state index is 11.7. The molecule has 25 heavy (non-hydrogen) atoms. The van der Waals surface area contributed by atoms with E-state index in [0.717, 1.165) is 0 Å². The van der Waals surface area contributed by atoms with E-state index in [1.165, 1.54) is 6.20 Å². The molecule has 0 unspecified atom stereocenters. The number of methoxy groups -OCH3 is 2. The Morgan fingerprint density at radius 3 is 2.76 bits per heavy atom. The summed E-state index contributed by atoms with van der Waals surface area (Å²) in [6, 6.07) is 6.98. The predicted molar refractivity (Wildman–Crippen MR) is 95.5 cm³/mol. The van der Waals surface area contributed by atoms with Crippen molar-refractivity contribution in [2.24, 2.45) is 11.5 Å². The van der Waals surface area contributed by atoms with Gasteiger partial charge >= 0.3 is 0 Å². The molecule has 0 bridgehead atoms. The van der Waals surface area contributed by atoms with Crippen LogP contribution >= 0.6 is 0 Å². The number of nitrogens with two attached hydrogens (primary N) is 2. The van der Waals surface area contributed by atoms with Crippen molar-refractivity contribution >= 4 is 11.9 Å². The summed E-state index contributed by atoms with van der Waals surface area (Å²) in [6.45, 7) is 2.30. The first-order chi connectivity index (χ1) is 12.0. The van der Waals surface area contributed by atoms with Crippen molar-refractivity contribution in [1.29, 1.82) is 0 Å². The number of primary amides is 1. The minimum absolute atomic E-state index is 0.116. The molecule has 1 heterocycles. The number of nitrogens with one attached hydrogen (secondary N) is 1. The largest absolute Gasteiger partial charge is 0.497 e. The molecule has 0 aliphatic rings. The van der Waals surface area contributed by atoms with Crippen molar-refractivity contribution in [3.63, 3.8) is 0 Å². The molecule has 5 N–H and O–H groups in total. The molecule has 2 rings (SSSR count). The van der Waals surface area contributed by atoms with Gasteiger partial charge in [-0.3, -0.25) is 4.79 Å². The fourth-order valence-electron chi connectivity index (χ4n) is 2.19. The number of amides is 1. The summed E-state index contributed by atoms with van der Waals surface area (Å²) in [5.41, 5.74) is 12.8. The van der Waals surface area contributed by atoms with Gasteiger partial charge in [-0.25, -0.2) is 9.97 Å². The summed E-state index contributed by atoms with van der Waals surface area (Å²) in [5.74, 6) is 0.396. The van der Waals surface area contributed by atoms with E-state index in [2.05, 4.69) is 15.3 Å². The molecule has 1 amide bonds. The van der Waals surface area contributed by atoms with E-state index in [4.69, 9.17) is 20.9 Å². The van der Waals surface area contributed by atoms with Crippen molar-refractivity contribution in [2.75, 3.05) is 26.1 Å². The Morgan fingerprint density at radius 1 is 1.36 bits per heavy atom. The average Bonchev–Trinajstić information content (AvgIpc) is 2.65. The number of benzene rings is 1. The third-order valence-corrected chi connectivity index (χ3v) is 3.87. The lowest BCUT2D eigenvalue weighted by molar-refractivity contribution is 0.0989. The zero-order valence-electron chi connectivity index (χ0n) is 14.5. The topological polar surface area (TPSA) is 125 Å². The highest BCUT2D eigenvalue weighted by atomic mass is 16.5. The van der Waals surface area contributed by atoms with Crippen molar-refractivity contribution < 1.29 is 14.3 Å². The van der Waals surface area contributed by atoms with Gasteiger partial charge in [-0.2, -0.15) is 0 Å². The Morgan fingerprint density at radius 2 is 2.12 bits per heavy atom. The van der Waals surface area contributed by atoms with Crippen molar-refractivity contribution in [3.8, 4) is 17.0 Å². The molecule has 0 radical (unpaired) electrons. The van der Waals surface area contributed by atoms with Crippen LogP contribution in [0.3, 0.4) is 0 Å². The standard InChI is InChI=1S/C17H23N5O3/c1-10(24-2)14(18)9-21-17-20-8-13(16(19)23)15(22-17)11-5-4-6-12(7-11)25-3/h4-8,10,14H,9,18H2,1-3H3,(H2,19,23)(H,20,21,22)/t10-,14+/m0/s1. The second-order valence-electron chi connectivity index (χ2n) is 5.54. The normalized spacial score (nSPS) is 13.1. The number of carbonyl (C=O) groups excluding carboxylic acids is 1. The lowest BCUT2D eigenvalue weighted by Crippen LogP contribution is -2.40. The fourth-order valence-corrected chi connectivity index (χ4v) is 2.19. The molecular weight excluding hydrogens is 322 g/mol. The Balaban J connectivity index is 2.32. The first-order valence-electron chi connectivity index (χ1n) is 7.79. The Hall–Kier alpha value is -2.71. The van der Waals surface area contributed by atoms with Gasteiger partial charge in [-0.1, -0.05) is 12.1 Å². The summed E-state index contributed by atoms with van der Waals surface area (Å²) in [4.78, 5) is 20.3. The monoisotopic (exact) mass is 345 g/mol. The number of aromatic nitrogens is 2. The van der Waals surface area contributed by atoms with Crippen LogP contribution in [0.15, 0.2) is 30.5 Å². The maximum absolute atomic E-state index is 11.7. The minimum atomic E-state index is -0.603. The van der Waals surface area contributed by atoms with Gasteiger partial charge in [0, 0.05) is 31.5 Å². The van der Waals surface area contributed by atoms with Crippen LogP contribution in [0, 0.1) is 0 Å². The van der Waals surface area contributed by atoms with E-state index >= 15 is 0 Å². The van der Waals surface area contributed by atoms with Gasteiger partial charge in [-0.15, -0.1) is 0 Å². The van der Waals surface area contributed by atoms with E-state index in [0.29, 0.717) is 29.5 Å². The minimum Gasteiger partial charge on any atom is -0.497 e. The summed E-state index contributed by atoms with van der Waals surface area (Å²) in [7, 11) is 3.17. The van der Waals surface area contributed by atoms with Crippen LogP contribution in [0.2, 0.25) is 0 Å². The molecule has 0 saturated carbocycles. The molecule has 0 saturated heterocycles. The predicted octanol–water partition coefficient (Wildman–Crippen LogP) is 1.03. The highest BCUT2D eigenvalue weighted by Crippen LogP contribution is 2.25. The van der Waals surface area contributed by atoms with Crippen LogP contribution in [0.4, 0.5) is 5.95 Å². The Bertz CT molecular complexity index is 738. The maximum Gasteiger partial charge on any atom is 0.252 e. The molecule has 0 aliphatic heterocycles. The zero-order chi connectivity index (χ0) is 18.4. The smallest absolute Gasteiger partial charge is 0.252 e. The molecule has 0 fully saturated rings. The molecule has 0 spiro atoms. The van der Waals surface area contributed by atoms with E-state index < -0.39 is 5.91 Å². The first-order valence-corrected chi connectivity index (χ1v) is 7.79. The number of ether oxygens (including phenoxy) is 2. The zero-order valence-corrected chi connectivity index (χ0v) is 14.5. The van der Waals surface area contributed by atoms with Gasteiger partial charge in [0.15, 0.2) is 0 Å². The molecule has 1 aromatic heterocycles. The number of hydrogen-bond acceptors (Lipinski definition) is 7. The second-order valence-corrected chi connectivity index (χ2v) is 5.54. The van der Waals surface area contributed by atoms with E-state index in [9.17, 15) is 4.79 Å². The molecule has 2 aromatic rings. The Labute approximate surface area is 146 Å². The van der Waals surface area contributed by atoms with Crippen molar-refractivity contribution in [2.45, 2.75) is 19.1 Å². The number of anilines is 1. The van der Waals surface area contributed by atoms with Crippen LogP contribution in [0.5, 0.6) is 5.75 Å². The third-order valence-electron chi connectivity index (χ3n) is 3.87.